The van der Waals surface area contributed by atoms with Crippen LogP contribution < -0.4 is 10.2 Å². The highest BCUT2D eigenvalue weighted by molar-refractivity contribution is 5.60. The molecule has 1 saturated heterocycles. The maximum Gasteiger partial charge on any atom is 0.0431 e. The fourth-order valence-electron chi connectivity index (χ4n) is 3.17. The minimum Gasteiger partial charge on any atom is -0.371 e. The molecule has 0 bridgehead atoms. The molecule has 1 atom stereocenters. The van der Waals surface area contributed by atoms with Crippen molar-refractivity contribution in [3.05, 3.63) is 29.3 Å². The molecule has 1 fully saturated rings. The number of anilines is 1. The Morgan fingerprint density at radius 3 is 2.42 bits per heavy atom. The number of hydrogen-bond donors (Lipinski definition) is 1. The molecule has 106 valence electrons. The van der Waals surface area contributed by atoms with Crippen LogP contribution in [0.1, 0.15) is 38.3 Å². The van der Waals surface area contributed by atoms with Gasteiger partial charge in [-0.3, -0.25) is 0 Å². The third kappa shape index (κ3) is 3.30. The van der Waals surface area contributed by atoms with Crippen molar-refractivity contribution in [2.24, 2.45) is 5.92 Å². The van der Waals surface area contributed by atoms with Crippen LogP contribution in [-0.2, 0) is 12.8 Å². The summed E-state index contributed by atoms with van der Waals surface area (Å²) in [6.07, 6.45) is 3.60. The van der Waals surface area contributed by atoms with Crippen LogP contribution in [0.2, 0.25) is 0 Å². The van der Waals surface area contributed by atoms with Crippen molar-refractivity contribution < 1.29 is 0 Å². The summed E-state index contributed by atoms with van der Waals surface area (Å²) < 4.78 is 0. The SMILES string of the molecule is CCNCC1CCN(c2c(CC)cccc2CC)C1. The average Bonchev–Trinajstić information content (AvgIpc) is 2.92. The lowest BCUT2D eigenvalue weighted by atomic mass is 10.0. The Morgan fingerprint density at radius 2 is 1.84 bits per heavy atom. The van der Waals surface area contributed by atoms with E-state index in [0.717, 1.165) is 25.3 Å². The Balaban J connectivity index is 2.14. The molecular formula is C17H28N2. The van der Waals surface area contributed by atoms with Crippen LogP contribution >= 0.6 is 0 Å². The Morgan fingerprint density at radius 1 is 1.16 bits per heavy atom. The topological polar surface area (TPSA) is 15.3 Å². The van der Waals surface area contributed by atoms with Gasteiger partial charge in [0, 0.05) is 18.8 Å². The molecule has 1 aromatic carbocycles. The van der Waals surface area contributed by atoms with Gasteiger partial charge in [0.2, 0.25) is 0 Å². The van der Waals surface area contributed by atoms with Gasteiger partial charge in [0.15, 0.2) is 0 Å². The van der Waals surface area contributed by atoms with Crippen molar-refractivity contribution in [3.63, 3.8) is 0 Å². The summed E-state index contributed by atoms with van der Waals surface area (Å²) in [5.74, 6) is 0.814. The second-order valence-electron chi connectivity index (χ2n) is 5.54. The monoisotopic (exact) mass is 260 g/mol. The zero-order chi connectivity index (χ0) is 13.7. The summed E-state index contributed by atoms with van der Waals surface area (Å²) in [7, 11) is 0. The van der Waals surface area contributed by atoms with Crippen molar-refractivity contribution in [3.8, 4) is 0 Å². The molecule has 1 aliphatic rings. The molecule has 0 aromatic heterocycles. The molecule has 0 spiro atoms. The quantitative estimate of drug-likeness (QED) is 0.844. The molecule has 1 aromatic rings. The molecule has 19 heavy (non-hydrogen) atoms. The molecule has 2 rings (SSSR count). The van der Waals surface area contributed by atoms with Crippen LogP contribution in [0, 0.1) is 5.92 Å². The first-order valence-electron chi connectivity index (χ1n) is 7.86. The molecule has 0 amide bonds. The van der Waals surface area contributed by atoms with Crippen LogP contribution in [-0.4, -0.2) is 26.2 Å². The number of para-hydroxylation sites is 1. The smallest absolute Gasteiger partial charge is 0.0431 e. The van der Waals surface area contributed by atoms with Crippen LogP contribution in [0.5, 0.6) is 0 Å². The van der Waals surface area contributed by atoms with Gasteiger partial charge in [0.05, 0.1) is 0 Å². The predicted octanol–water partition coefficient (Wildman–Crippen LogP) is 3.25. The van der Waals surface area contributed by atoms with E-state index in [9.17, 15) is 0 Å². The first-order valence-corrected chi connectivity index (χ1v) is 7.86. The average molecular weight is 260 g/mol. The normalized spacial score (nSPS) is 19.1. The van der Waals surface area contributed by atoms with Gasteiger partial charge in [0.25, 0.3) is 0 Å². The fraction of sp³-hybridized carbons (Fsp3) is 0.647. The van der Waals surface area contributed by atoms with Crippen molar-refractivity contribution in [1.29, 1.82) is 0 Å². The molecule has 0 aliphatic carbocycles. The van der Waals surface area contributed by atoms with Crippen LogP contribution in [0.3, 0.4) is 0 Å². The van der Waals surface area contributed by atoms with Gasteiger partial charge < -0.3 is 10.2 Å². The van der Waals surface area contributed by atoms with Crippen LogP contribution in [0.15, 0.2) is 18.2 Å². The van der Waals surface area contributed by atoms with Gasteiger partial charge >= 0.3 is 0 Å². The number of rotatable bonds is 6. The standard InChI is InChI=1S/C17H28N2/c1-4-15-8-7-9-16(5-2)17(15)19-11-10-14(13-19)12-18-6-3/h7-9,14,18H,4-6,10-13H2,1-3H3. The molecule has 1 unspecified atom stereocenters. The number of nitrogens with zero attached hydrogens (tertiary/aromatic N) is 1. The number of benzene rings is 1. The molecule has 0 saturated carbocycles. The van der Waals surface area contributed by atoms with Gasteiger partial charge in [-0.2, -0.15) is 0 Å². The number of nitrogens with one attached hydrogen (secondary N) is 1. The lowest BCUT2D eigenvalue weighted by Crippen LogP contribution is -2.27. The van der Waals surface area contributed by atoms with Crippen LogP contribution in [0.25, 0.3) is 0 Å². The first-order chi connectivity index (χ1) is 9.30. The maximum atomic E-state index is 3.49. The molecule has 0 radical (unpaired) electrons. The summed E-state index contributed by atoms with van der Waals surface area (Å²) in [5, 5.41) is 3.49. The Hall–Kier alpha value is -1.02. The highest BCUT2D eigenvalue weighted by atomic mass is 15.2. The lowest BCUT2D eigenvalue weighted by Gasteiger charge is -2.25. The third-order valence-corrected chi connectivity index (χ3v) is 4.25. The largest absolute Gasteiger partial charge is 0.371 e. The Bertz CT molecular complexity index is 378. The van der Waals surface area contributed by atoms with Gasteiger partial charge in [-0.1, -0.05) is 39.0 Å². The van der Waals surface area contributed by atoms with Crippen LogP contribution in [0.4, 0.5) is 5.69 Å². The molecule has 2 nitrogen and oxygen atoms in total. The summed E-state index contributed by atoms with van der Waals surface area (Å²) in [4.78, 5) is 2.62. The second kappa shape index (κ2) is 6.95. The number of hydrogen-bond acceptors (Lipinski definition) is 2. The first kappa shape index (κ1) is 14.4. The summed E-state index contributed by atoms with van der Waals surface area (Å²) in [6, 6.07) is 6.81. The maximum absolute atomic E-state index is 3.49. The predicted molar refractivity (Wildman–Crippen MR) is 84.1 cm³/mol. The van der Waals surface area contributed by atoms with Gasteiger partial charge in [0.1, 0.15) is 0 Å². The highest BCUT2D eigenvalue weighted by Crippen LogP contribution is 2.31. The van der Waals surface area contributed by atoms with Gasteiger partial charge in [-0.05, 0) is 49.4 Å². The van der Waals surface area contributed by atoms with Crippen molar-refractivity contribution >= 4 is 5.69 Å². The highest BCUT2D eigenvalue weighted by Gasteiger charge is 2.24. The minimum absolute atomic E-state index is 0.814. The molecule has 1 aliphatic heterocycles. The summed E-state index contributed by atoms with van der Waals surface area (Å²) in [6.45, 7) is 11.4. The van der Waals surface area contributed by atoms with E-state index in [0.29, 0.717) is 0 Å². The van der Waals surface area contributed by atoms with Crippen molar-refractivity contribution in [1.82, 2.24) is 5.32 Å². The van der Waals surface area contributed by atoms with Gasteiger partial charge in [-0.15, -0.1) is 0 Å². The summed E-state index contributed by atoms with van der Waals surface area (Å²) >= 11 is 0. The summed E-state index contributed by atoms with van der Waals surface area (Å²) in [5.41, 5.74) is 4.57. The van der Waals surface area contributed by atoms with E-state index < -0.39 is 0 Å². The Labute approximate surface area is 118 Å². The zero-order valence-corrected chi connectivity index (χ0v) is 12.7. The molecule has 1 N–H and O–H groups in total. The van der Waals surface area contributed by atoms with Crippen molar-refractivity contribution in [2.45, 2.75) is 40.0 Å². The lowest BCUT2D eigenvalue weighted by molar-refractivity contribution is 0.527. The van der Waals surface area contributed by atoms with Gasteiger partial charge in [-0.25, -0.2) is 0 Å². The second-order valence-corrected chi connectivity index (χ2v) is 5.54. The minimum atomic E-state index is 0.814. The van der Waals surface area contributed by atoms with E-state index in [1.54, 1.807) is 0 Å². The van der Waals surface area contributed by atoms with E-state index >= 15 is 0 Å². The fourth-order valence-corrected chi connectivity index (χ4v) is 3.17. The van der Waals surface area contributed by atoms with E-state index in [2.05, 4.69) is 49.2 Å². The van der Waals surface area contributed by atoms with E-state index in [1.807, 2.05) is 0 Å². The molecule has 2 heteroatoms. The van der Waals surface area contributed by atoms with E-state index in [-0.39, 0.29) is 0 Å². The van der Waals surface area contributed by atoms with E-state index in [4.69, 9.17) is 0 Å². The number of aryl methyl sites for hydroxylation is 2. The molecular weight excluding hydrogens is 232 g/mol. The Kier molecular flexibility index (Phi) is 5.26. The molecule has 1 heterocycles. The zero-order valence-electron chi connectivity index (χ0n) is 12.7. The van der Waals surface area contributed by atoms with E-state index in [1.165, 1.54) is 42.9 Å². The third-order valence-electron chi connectivity index (χ3n) is 4.25. The van der Waals surface area contributed by atoms with Crippen molar-refractivity contribution in [2.75, 3.05) is 31.1 Å².